The van der Waals surface area contributed by atoms with Crippen LogP contribution in [-0.4, -0.2) is 50.8 Å². The Labute approximate surface area is 412 Å². The van der Waals surface area contributed by atoms with Crippen molar-refractivity contribution in [1.29, 1.82) is 0 Å². The van der Waals surface area contributed by atoms with Crippen LogP contribution in [-0.2, 0) is 30.4 Å². The zero-order valence-corrected chi connectivity index (χ0v) is 40.6. The zero-order chi connectivity index (χ0) is 42.3. The van der Waals surface area contributed by atoms with Gasteiger partial charge in [-0.2, -0.15) is 30.4 Å². The van der Waals surface area contributed by atoms with E-state index in [1.807, 2.05) is 0 Å². The van der Waals surface area contributed by atoms with Gasteiger partial charge in [-0.1, -0.05) is 41.8 Å². The number of amides is 2. The van der Waals surface area contributed by atoms with Crippen molar-refractivity contribution in [2.75, 3.05) is 5.32 Å². The molecule has 6 N–H and O–H groups in total. The number of nitrogens with one attached hydrogen (secondary N) is 1. The first-order valence-corrected chi connectivity index (χ1v) is 20.3. The minimum Gasteiger partial charge on any atom is -0.871 e. The third-order valence-electron chi connectivity index (χ3n) is 8.13. The van der Waals surface area contributed by atoms with Gasteiger partial charge < -0.3 is 26.4 Å². The summed E-state index contributed by atoms with van der Waals surface area (Å²) >= 11 is 0. The number of rotatable bonds is 10. The molecule has 6 rings (SSSR count). The molecule has 0 atom stereocenters. The molecular formula is C35H24N7Na3O13S3. The van der Waals surface area contributed by atoms with Crippen LogP contribution < -0.4 is 115 Å². The van der Waals surface area contributed by atoms with Gasteiger partial charge in [0.1, 0.15) is 20.4 Å². The van der Waals surface area contributed by atoms with E-state index in [0.717, 1.165) is 24.3 Å². The monoisotopic (exact) mass is 915 g/mol. The molecule has 0 saturated heterocycles. The Kier molecular flexibility index (Phi) is 16.9. The fourth-order valence-electron chi connectivity index (χ4n) is 5.51. The van der Waals surface area contributed by atoms with Gasteiger partial charge in [-0.25, -0.2) is 4.79 Å². The number of carbonyl (C=O) groups excluding carboxylic acids is 1. The Hall–Kier alpha value is -3.89. The molecule has 0 radical (unpaired) electrons. The molecule has 61 heavy (non-hydrogen) atoms. The molecule has 0 aliphatic heterocycles. The molecule has 26 heteroatoms. The van der Waals surface area contributed by atoms with Gasteiger partial charge in [0.25, 0.3) is 30.4 Å². The normalized spacial score (nSPS) is 12.2. The molecule has 298 valence electrons. The molecule has 6 aromatic rings. The van der Waals surface area contributed by atoms with Crippen LogP contribution in [0.3, 0.4) is 0 Å². The van der Waals surface area contributed by atoms with E-state index in [0.29, 0.717) is 5.56 Å². The third kappa shape index (κ3) is 12.0. The van der Waals surface area contributed by atoms with Crippen LogP contribution in [0.15, 0.2) is 131 Å². The third-order valence-corrected chi connectivity index (χ3v) is 10.7. The second-order valence-electron chi connectivity index (χ2n) is 12.2. The predicted octanol–water partition coefficient (Wildman–Crippen LogP) is -4.04. The van der Waals surface area contributed by atoms with Gasteiger partial charge in [0, 0.05) is 5.69 Å². The fourth-order valence-corrected chi connectivity index (χ4v) is 7.53. The van der Waals surface area contributed by atoms with Gasteiger partial charge in [0.2, 0.25) is 0 Å². The molecule has 0 heterocycles. The predicted molar refractivity (Wildman–Crippen MR) is 202 cm³/mol. The van der Waals surface area contributed by atoms with E-state index in [2.05, 4.69) is 30.8 Å². The molecule has 0 bridgehead atoms. The number of hydrogen-bond donors (Lipinski definition) is 5. The number of azo groups is 2. The van der Waals surface area contributed by atoms with E-state index in [1.165, 1.54) is 73.7 Å². The van der Waals surface area contributed by atoms with E-state index < -0.39 is 85.5 Å². The average Bonchev–Trinajstić information content (AvgIpc) is 3.13. The quantitative estimate of drug-likeness (QED) is 0.0288. The molecule has 6 aromatic carbocycles. The number of carbonyl (C=O) groups is 1. The second-order valence-corrected chi connectivity index (χ2v) is 16.4. The summed E-state index contributed by atoms with van der Waals surface area (Å²) < 4.78 is 102. The standard InChI is InChI=1S/C35H27N7O13S3.3Na/c1-17-2-11-26(27(12-17)56(47,48)49)40-42-31-29(58(53,54)55)15-19-13-22(7-9-24(19)33(31)44)37-34(45)18-3-5-21(6-4-18)39-41-30-28(57(50,51)52)16-20-14-23(38-35(36)46)8-10-25(20)32(30)43;;;/h2-16,43-44H,1H3,(H,37,45)(H3,36,38,46)(H,47,48,49)(H,50,51,52)(H,53,54,55);;;/q;3*+1/p-3. The maximum Gasteiger partial charge on any atom is 1.00 e. The van der Waals surface area contributed by atoms with Crippen molar-refractivity contribution in [3.8, 4) is 11.5 Å². The van der Waals surface area contributed by atoms with Gasteiger partial charge in [-0.15, -0.1) is 15.3 Å². The van der Waals surface area contributed by atoms with E-state index in [-0.39, 0.29) is 133 Å². The Morgan fingerprint density at radius 1 is 0.607 bits per heavy atom. The van der Waals surface area contributed by atoms with E-state index in [1.54, 1.807) is 0 Å². The molecule has 0 aliphatic carbocycles. The molecule has 0 aromatic heterocycles. The summed E-state index contributed by atoms with van der Waals surface area (Å²) in [6, 6.07) is 17.2. The van der Waals surface area contributed by atoms with Crippen molar-refractivity contribution in [3.05, 3.63) is 102 Å². The van der Waals surface area contributed by atoms with Crippen molar-refractivity contribution >= 4 is 98.0 Å². The largest absolute Gasteiger partial charge is 1.00 e. The maximum atomic E-state index is 13.4. The number of aliphatic imine (C=N–C) groups is 1. The summed E-state index contributed by atoms with van der Waals surface area (Å²) in [6.45, 7) is 1.53. The molecule has 0 fully saturated rings. The Morgan fingerprint density at radius 2 is 1.10 bits per heavy atom. The smallest absolute Gasteiger partial charge is 0.871 e. The number of nitrogens with zero attached hydrogens (tertiary/aromatic N) is 5. The first-order chi connectivity index (χ1) is 27.1. The number of urea groups is 1. The summed E-state index contributed by atoms with van der Waals surface area (Å²) in [6.07, 6.45) is 0. The number of nitrogens with two attached hydrogens (primary N) is 1. The minimum absolute atomic E-state index is 0. The van der Waals surface area contributed by atoms with Gasteiger partial charge >= 0.3 is 94.7 Å². The van der Waals surface area contributed by atoms with Crippen molar-refractivity contribution in [2.45, 2.75) is 21.6 Å². The van der Waals surface area contributed by atoms with Gasteiger partial charge in [-0.05, 0) is 106 Å². The maximum absolute atomic E-state index is 13.4. The van der Waals surface area contributed by atoms with Crippen molar-refractivity contribution in [2.24, 2.45) is 31.2 Å². The molecule has 0 unspecified atom stereocenters. The van der Waals surface area contributed by atoms with Crippen LogP contribution in [0.5, 0.6) is 11.5 Å². The number of hydrogen-bond acceptors (Lipinski definition) is 15. The Morgan fingerprint density at radius 3 is 1.62 bits per heavy atom. The molecule has 0 spiro atoms. The Balaban J connectivity index is 0.00000331. The van der Waals surface area contributed by atoms with E-state index in [4.69, 9.17) is 5.73 Å². The first-order valence-electron chi connectivity index (χ1n) is 15.9. The summed E-state index contributed by atoms with van der Waals surface area (Å²) in [5.41, 5.74) is 3.63. The van der Waals surface area contributed by atoms with Crippen LogP contribution in [0.2, 0.25) is 0 Å². The number of primary amides is 1. The number of benzene rings is 6. The topological polar surface area (TPSA) is 349 Å². The number of fused-ring (bicyclic) bond motifs is 2. The van der Waals surface area contributed by atoms with Gasteiger partial charge in [0.15, 0.2) is 0 Å². The molecular weight excluding hydrogens is 892 g/mol. The summed E-state index contributed by atoms with van der Waals surface area (Å²) in [4.78, 5) is 12.6. The average molecular weight is 916 g/mol. The van der Waals surface area contributed by atoms with Crippen LogP contribution in [0.4, 0.5) is 38.9 Å². The summed E-state index contributed by atoms with van der Waals surface area (Å²) in [7, 11) is -14.9. The first kappa shape index (κ1) is 51.5. The van der Waals surface area contributed by atoms with Crippen molar-refractivity contribution in [1.82, 2.24) is 0 Å². The summed E-state index contributed by atoms with van der Waals surface area (Å²) in [5, 5.41) is 56.6. The van der Waals surface area contributed by atoms with Crippen LogP contribution >= 0.6 is 0 Å². The second kappa shape index (κ2) is 20.1. The molecule has 20 nitrogen and oxygen atoms in total. The molecule has 0 saturated carbocycles. The van der Waals surface area contributed by atoms with Crippen LogP contribution in [0.1, 0.15) is 11.1 Å². The van der Waals surface area contributed by atoms with Crippen LogP contribution in [0, 0.1) is 6.92 Å². The SMILES string of the molecule is Cc1ccc(N=Nc2c(S(=O)(=O)O)cc3cc(N=C([O-])c4ccc(N=Nc5c(S(=O)(=O)O)cc6cc(NC(N)=O)ccc6c5[O-])cc4)ccc3c2[O-])c(S(=O)(=O)O)c1.[Na+].[Na+].[Na+]. The summed E-state index contributed by atoms with van der Waals surface area (Å²) in [5.74, 6) is -2.78. The fraction of sp³-hybridized carbons (Fsp3) is 0.0286. The van der Waals surface area contributed by atoms with E-state index >= 15 is 0 Å². The number of aryl methyl sites for hydroxylation is 1. The zero-order valence-electron chi connectivity index (χ0n) is 32.1. The molecule has 0 aliphatic rings. The van der Waals surface area contributed by atoms with Gasteiger partial charge in [-0.3, -0.25) is 18.7 Å². The minimum atomic E-state index is -5.14. The van der Waals surface area contributed by atoms with Crippen LogP contribution in [0.25, 0.3) is 21.5 Å². The van der Waals surface area contributed by atoms with Gasteiger partial charge in [0.05, 0.1) is 22.7 Å². The van der Waals surface area contributed by atoms with E-state index in [9.17, 15) is 59.0 Å². The molecule has 2 amide bonds. The van der Waals surface area contributed by atoms with Crippen molar-refractivity contribution < 1.29 is 148 Å². The van der Waals surface area contributed by atoms with Crippen molar-refractivity contribution in [3.63, 3.8) is 0 Å². The number of anilines is 1. The Bertz CT molecular complexity index is 3150.